The second-order valence-electron chi connectivity index (χ2n) is 5.02. The molecule has 1 atom stereocenters. The van der Waals surface area contributed by atoms with Gasteiger partial charge in [0.1, 0.15) is 0 Å². The molecule has 4 heteroatoms. The normalized spacial score (nSPS) is 15.1. The van der Waals surface area contributed by atoms with Gasteiger partial charge in [0.15, 0.2) is 0 Å². The summed E-state index contributed by atoms with van der Waals surface area (Å²) in [5.41, 5.74) is 7.05. The van der Waals surface area contributed by atoms with Crippen LogP contribution in [-0.4, -0.2) is 37.4 Å². The van der Waals surface area contributed by atoms with Gasteiger partial charge in [0, 0.05) is 17.5 Å². The van der Waals surface area contributed by atoms with Crippen molar-refractivity contribution in [3.05, 3.63) is 35.4 Å². The standard InChI is InChI=1S/C16H28ClN3/c1-6-14(9-8-13(3)17)12-19-16(18)11-10-15(7-2)20(4)5/h6,8-9,15H,3,7,10-12H2,1-2,4-5H3,(H2,18,19)/b9-8-,14-6+. The third-order valence-corrected chi connectivity index (χ3v) is 3.38. The number of halogens is 1. The summed E-state index contributed by atoms with van der Waals surface area (Å²) in [6.45, 7) is 8.37. The molecule has 0 fully saturated rings. The minimum atomic E-state index is 0.512. The van der Waals surface area contributed by atoms with E-state index < -0.39 is 0 Å². The van der Waals surface area contributed by atoms with Crippen LogP contribution < -0.4 is 5.73 Å². The number of nitrogens with two attached hydrogens (primary N) is 1. The van der Waals surface area contributed by atoms with E-state index in [2.05, 4.69) is 37.5 Å². The SMILES string of the molecule is C=C(Cl)/C=C\C(=C/C)CN=C(N)CCC(CC)N(C)C. The van der Waals surface area contributed by atoms with Crippen molar-refractivity contribution in [1.82, 2.24) is 4.90 Å². The quantitative estimate of drug-likeness (QED) is 0.400. The number of allylic oxidation sites excluding steroid dienone is 3. The van der Waals surface area contributed by atoms with Crippen LogP contribution in [0.25, 0.3) is 0 Å². The Bertz CT molecular complexity index is 381. The largest absolute Gasteiger partial charge is 0.387 e. The van der Waals surface area contributed by atoms with Crippen molar-refractivity contribution >= 4 is 17.4 Å². The Morgan fingerprint density at radius 3 is 2.50 bits per heavy atom. The minimum Gasteiger partial charge on any atom is -0.387 e. The first-order valence-corrected chi connectivity index (χ1v) is 7.41. The summed E-state index contributed by atoms with van der Waals surface area (Å²) in [6, 6.07) is 0.560. The molecule has 0 heterocycles. The van der Waals surface area contributed by atoms with E-state index in [4.69, 9.17) is 17.3 Å². The van der Waals surface area contributed by atoms with Gasteiger partial charge in [0.05, 0.1) is 12.4 Å². The molecule has 0 aromatic heterocycles. The van der Waals surface area contributed by atoms with Gasteiger partial charge in [-0.15, -0.1) is 0 Å². The lowest BCUT2D eigenvalue weighted by atomic mass is 10.1. The second-order valence-corrected chi connectivity index (χ2v) is 5.50. The molecular formula is C16H28ClN3. The van der Waals surface area contributed by atoms with E-state index in [-0.39, 0.29) is 0 Å². The number of hydrogen-bond acceptors (Lipinski definition) is 2. The van der Waals surface area contributed by atoms with Crippen molar-refractivity contribution in [2.24, 2.45) is 10.7 Å². The molecular weight excluding hydrogens is 270 g/mol. The van der Waals surface area contributed by atoms with E-state index in [0.29, 0.717) is 23.5 Å². The van der Waals surface area contributed by atoms with Crippen molar-refractivity contribution < 1.29 is 0 Å². The molecule has 1 unspecified atom stereocenters. The zero-order valence-corrected chi connectivity index (χ0v) is 14.0. The molecule has 0 aromatic carbocycles. The fourth-order valence-corrected chi connectivity index (χ4v) is 1.91. The summed E-state index contributed by atoms with van der Waals surface area (Å²) < 4.78 is 0. The lowest BCUT2D eigenvalue weighted by Gasteiger charge is -2.22. The zero-order chi connectivity index (χ0) is 15.5. The molecule has 0 bridgehead atoms. The Balaban J connectivity index is 4.34. The smallest absolute Gasteiger partial charge is 0.0941 e. The van der Waals surface area contributed by atoms with Gasteiger partial charge in [-0.25, -0.2) is 0 Å². The first-order chi connectivity index (χ1) is 9.40. The maximum atomic E-state index is 5.97. The van der Waals surface area contributed by atoms with Gasteiger partial charge in [0.2, 0.25) is 0 Å². The third kappa shape index (κ3) is 8.94. The van der Waals surface area contributed by atoms with Crippen LogP contribution in [-0.2, 0) is 0 Å². The van der Waals surface area contributed by atoms with Gasteiger partial charge in [-0.1, -0.05) is 37.3 Å². The van der Waals surface area contributed by atoms with Crippen LogP contribution in [0.4, 0.5) is 0 Å². The van der Waals surface area contributed by atoms with Gasteiger partial charge in [-0.05, 0) is 45.5 Å². The number of hydrogen-bond donors (Lipinski definition) is 1. The summed E-state index contributed by atoms with van der Waals surface area (Å²) in [4.78, 5) is 6.66. The Morgan fingerprint density at radius 2 is 2.05 bits per heavy atom. The van der Waals surface area contributed by atoms with Crippen molar-refractivity contribution in [2.75, 3.05) is 20.6 Å². The van der Waals surface area contributed by atoms with E-state index in [1.54, 1.807) is 6.08 Å². The maximum Gasteiger partial charge on any atom is 0.0941 e. The fourth-order valence-electron chi connectivity index (χ4n) is 1.85. The highest BCUT2D eigenvalue weighted by atomic mass is 35.5. The molecule has 0 aliphatic rings. The minimum absolute atomic E-state index is 0.512. The van der Waals surface area contributed by atoms with Crippen molar-refractivity contribution in [1.29, 1.82) is 0 Å². The zero-order valence-electron chi connectivity index (χ0n) is 13.2. The van der Waals surface area contributed by atoms with Crippen LogP contribution >= 0.6 is 11.6 Å². The number of nitrogens with zero attached hydrogens (tertiary/aromatic N) is 2. The van der Waals surface area contributed by atoms with Crippen molar-refractivity contribution in [3.63, 3.8) is 0 Å². The van der Waals surface area contributed by atoms with Gasteiger partial charge in [-0.2, -0.15) is 0 Å². The molecule has 2 N–H and O–H groups in total. The summed E-state index contributed by atoms with van der Waals surface area (Å²) in [5.74, 6) is 0.711. The molecule has 0 saturated heterocycles. The number of amidine groups is 1. The van der Waals surface area contributed by atoms with E-state index >= 15 is 0 Å². The first kappa shape index (κ1) is 18.9. The summed E-state index contributed by atoms with van der Waals surface area (Å²) in [6.07, 6.45) is 8.68. The van der Waals surface area contributed by atoms with Crippen molar-refractivity contribution in [3.8, 4) is 0 Å². The fraction of sp³-hybridized carbons (Fsp3) is 0.562. The molecule has 0 rings (SSSR count). The first-order valence-electron chi connectivity index (χ1n) is 7.03. The molecule has 3 nitrogen and oxygen atoms in total. The van der Waals surface area contributed by atoms with E-state index in [9.17, 15) is 0 Å². The van der Waals surface area contributed by atoms with Gasteiger partial charge >= 0.3 is 0 Å². The van der Waals surface area contributed by atoms with Crippen LogP contribution in [0.1, 0.15) is 33.1 Å². The molecule has 0 amide bonds. The Morgan fingerprint density at radius 1 is 1.40 bits per heavy atom. The van der Waals surface area contributed by atoms with E-state index in [1.165, 1.54) is 0 Å². The monoisotopic (exact) mass is 297 g/mol. The number of rotatable bonds is 9. The summed E-state index contributed by atoms with van der Waals surface area (Å²) >= 11 is 5.70. The molecule has 0 aliphatic heterocycles. The van der Waals surface area contributed by atoms with Crippen molar-refractivity contribution in [2.45, 2.75) is 39.2 Å². The lowest BCUT2D eigenvalue weighted by Crippen LogP contribution is -2.28. The Hall–Kier alpha value is -1.06. The third-order valence-electron chi connectivity index (χ3n) is 3.25. The van der Waals surface area contributed by atoms with Gasteiger partial charge in [0.25, 0.3) is 0 Å². The van der Waals surface area contributed by atoms with E-state index in [0.717, 1.165) is 24.8 Å². The van der Waals surface area contributed by atoms with E-state index in [1.807, 2.05) is 19.1 Å². The van der Waals surface area contributed by atoms with Crippen LogP contribution in [0.15, 0.2) is 40.4 Å². The van der Waals surface area contributed by atoms with Crippen LogP contribution in [0, 0.1) is 0 Å². The molecule has 20 heavy (non-hydrogen) atoms. The molecule has 0 aromatic rings. The maximum absolute atomic E-state index is 5.97. The van der Waals surface area contributed by atoms with Crippen LogP contribution in [0.2, 0.25) is 0 Å². The predicted molar refractivity (Wildman–Crippen MR) is 91.4 cm³/mol. The number of aliphatic imine (C=N–C) groups is 1. The topological polar surface area (TPSA) is 41.6 Å². The second kappa shape index (κ2) is 10.7. The lowest BCUT2D eigenvalue weighted by molar-refractivity contribution is 0.274. The molecule has 114 valence electrons. The average molecular weight is 298 g/mol. The molecule has 0 saturated carbocycles. The molecule has 0 spiro atoms. The predicted octanol–water partition coefficient (Wildman–Crippen LogP) is 3.72. The summed E-state index contributed by atoms with van der Waals surface area (Å²) in [5, 5.41) is 0.512. The van der Waals surface area contributed by atoms with Gasteiger partial charge in [-0.3, -0.25) is 4.99 Å². The van der Waals surface area contributed by atoms with Crippen LogP contribution in [0.5, 0.6) is 0 Å². The molecule has 0 radical (unpaired) electrons. The van der Waals surface area contributed by atoms with Gasteiger partial charge < -0.3 is 10.6 Å². The Kier molecular flexibility index (Phi) is 10.1. The summed E-state index contributed by atoms with van der Waals surface area (Å²) in [7, 11) is 4.20. The molecule has 0 aliphatic carbocycles. The highest BCUT2D eigenvalue weighted by Crippen LogP contribution is 2.08. The highest BCUT2D eigenvalue weighted by Gasteiger charge is 2.08. The Labute approximate surface area is 128 Å². The highest BCUT2D eigenvalue weighted by molar-refractivity contribution is 6.30. The average Bonchev–Trinajstić information content (AvgIpc) is 2.38. The van der Waals surface area contributed by atoms with Crippen LogP contribution in [0.3, 0.4) is 0 Å².